The van der Waals surface area contributed by atoms with Crippen LogP contribution in [0, 0.1) is 20.2 Å². The van der Waals surface area contributed by atoms with E-state index in [1.165, 1.54) is 43.5 Å². The highest BCUT2D eigenvalue weighted by atomic mass is 32.1. The summed E-state index contributed by atoms with van der Waals surface area (Å²) in [6.07, 6.45) is 0. The van der Waals surface area contributed by atoms with Crippen LogP contribution in [0.5, 0.6) is 11.5 Å². The maximum absolute atomic E-state index is 12.2. The predicted octanol–water partition coefficient (Wildman–Crippen LogP) is 3.78. The zero-order valence-electron chi connectivity index (χ0n) is 15.7. The largest absolute Gasteiger partial charge is 0.496 e. The molecular formula is C18H13N3O8S2. The van der Waals surface area contributed by atoms with Crippen LogP contribution in [-0.2, 0) is 6.54 Å². The average molecular weight is 463 g/mol. The number of hydrogen-bond donors (Lipinski definition) is 1. The minimum absolute atomic E-state index is 0.0685. The van der Waals surface area contributed by atoms with Crippen molar-refractivity contribution in [1.29, 1.82) is 0 Å². The Morgan fingerprint density at radius 1 is 0.968 bits per heavy atom. The van der Waals surface area contributed by atoms with Crippen molar-refractivity contribution < 1.29 is 28.9 Å². The summed E-state index contributed by atoms with van der Waals surface area (Å²) in [4.78, 5) is 44.9. The molecule has 0 spiro atoms. The van der Waals surface area contributed by atoms with Gasteiger partial charge in [-0.2, -0.15) is 0 Å². The third kappa shape index (κ3) is 5.21. The van der Waals surface area contributed by atoms with Gasteiger partial charge in [-0.15, -0.1) is 0 Å². The number of benzene rings is 1. The summed E-state index contributed by atoms with van der Waals surface area (Å²) in [5, 5.41) is 23.8. The molecule has 2 aromatic heterocycles. The van der Waals surface area contributed by atoms with Crippen LogP contribution < -0.4 is 14.8 Å². The molecule has 1 N–H and O–H groups in total. The van der Waals surface area contributed by atoms with Gasteiger partial charge >= 0.3 is 16.0 Å². The van der Waals surface area contributed by atoms with Gasteiger partial charge in [0.25, 0.3) is 5.91 Å². The summed E-state index contributed by atoms with van der Waals surface area (Å²) in [6.45, 7) is 0.0685. The minimum atomic E-state index is -0.750. The van der Waals surface area contributed by atoms with Gasteiger partial charge in [0.05, 0.1) is 21.8 Å². The molecule has 3 rings (SSSR count). The van der Waals surface area contributed by atoms with Crippen molar-refractivity contribution in [3.63, 3.8) is 0 Å². The van der Waals surface area contributed by atoms with Crippen molar-refractivity contribution in [3.05, 3.63) is 78.0 Å². The molecule has 0 fully saturated rings. The first-order chi connectivity index (χ1) is 14.8. The molecule has 0 aliphatic heterocycles. The Morgan fingerprint density at radius 3 is 2.16 bits per heavy atom. The molecule has 0 atom stereocenters. The molecule has 0 aliphatic rings. The summed E-state index contributed by atoms with van der Waals surface area (Å²) < 4.78 is 10.5. The number of hydrogen-bond acceptors (Lipinski definition) is 10. The molecule has 11 nitrogen and oxygen atoms in total. The number of nitrogens with one attached hydrogen (secondary N) is 1. The first-order valence-electron chi connectivity index (χ1n) is 8.44. The Bertz CT molecular complexity index is 1170. The third-order valence-corrected chi connectivity index (χ3v) is 5.93. The van der Waals surface area contributed by atoms with Gasteiger partial charge in [0.2, 0.25) is 0 Å². The Kier molecular flexibility index (Phi) is 6.57. The molecule has 2 heterocycles. The van der Waals surface area contributed by atoms with E-state index in [0.717, 1.165) is 11.3 Å². The zero-order chi connectivity index (χ0) is 22.5. The molecule has 1 aromatic carbocycles. The van der Waals surface area contributed by atoms with Gasteiger partial charge in [-0.25, -0.2) is 4.79 Å². The highest BCUT2D eigenvalue weighted by molar-refractivity contribution is 7.17. The van der Waals surface area contributed by atoms with Crippen LogP contribution in [-0.4, -0.2) is 28.8 Å². The van der Waals surface area contributed by atoms with E-state index in [4.69, 9.17) is 9.47 Å². The summed E-state index contributed by atoms with van der Waals surface area (Å²) >= 11 is 1.46. The fraction of sp³-hybridized carbons (Fsp3) is 0.111. The summed E-state index contributed by atoms with van der Waals surface area (Å²) in [6, 6.07) is 9.65. The molecule has 160 valence electrons. The van der Waals surface area contributed by atoms with E-state index in [1.807, 2.05) is 0 Å². The van der Waals surface area contributed by atoms with E-state index in [9.17, 15) is 29.8 Å². The molecule has 3 aromatic rings. The Labute approximate surface area is 182 Å². The summed E-state index contributed by atoms with van der Waals surface area (Å²) in [5.74, 6) is -0.739. The fourth-order valence-electron chi connectivity index (χ4n) is 2.44. The second-order valence-corrected chi connectivity index (χ2v) is 7.96. The van der Waals surface area contributed by atoms with E-state index in [-0.39, 0.29) is 32.1 Å². The van der Waals surface area contributed by atoms with Crippen LogP contribution in [0.25, 0.3) is 0 Å². The van der Waals surface area contributed by atoms with Gasteiger partial charge < -0.3 is 14.8 Å². The average Bonchev–Trinajstić information content (AvgIpc) is 3.42. The molecule has 31 heavy (non-hydrogen) atoms. The number of esters is 1. The van der Waals surface area contributed by atoms with Crippen LogP contribution >= 0.6 is 22.7 Å². The Morgan fingerprint density at radius 2 is 1.58 bits per heavy atom. The van der Waals surface area contributed by atoms with Gasteiger partial charge in [0.15, 0.2) is 0 Å². The zero-order valence-corrected chi connectivity index (χ0v) is 17.4. The lowest BCUT2D eigenvalue weighted by Gasteiger charge is -2.11. The highest BCUT2D eigenvalue weighted by Crippen LogP contribution is 2.29. The normalized spacial score (nSPS) is 10.4. The fourth-order valence-corrected chi connectivity index (χ4v) is 3.87. The van der Waals surface area contributed by atoms with Crippen molar-refractivity contribution >= 4 is 44.6 Å². The van der Waals surface area contributed by atoms with Gasteiger partial charge in [-0.05, 0) is 24.3 Å². The standard InChI is InChI=1S/C18H13N3O8S2/c1-28-12-8-11(29-18(23)14-5-7-16(31-14)21(26)27)3-2-10(12)9-19-17(22)13-4-6-15(30-13)20(24)25/h2-8H,9H2,1H3,(H,19,22). The molecule has 1 amide bonds. The maximum Gasteiger partial charge on any atom is 0.353 e. The topological polar surface area (TPSA) is 151 Å². The molecular weight excluding hydrogens is 450 g/mol. The van der Waals surface area contributed by atoms with Gasteiger partial charge in [-0.1, -0.05) is 22.7 Å². The number of methoxy groups -OCH3 is 1. The van der Waals surface area contributed by atoms with Crippen LogP contribution in [0.2, 0.25) is 0 Å². The molecule has 0 bridgehead atoms. The summed E-state index contributed by atoms with van der Waals surface area (Å²) in [5.41, 5.74) is 0.577. The van der Waals surface area contributed by atoms with Crippen molar-refractivity contribution in [2.75, 3.05) is 7.11 Å². The SMILES string of the molecule is COc1cc(OC(=O)c2ccc([N+](=O)[O-])s2)ccc1CNC(=O)c1ccc([N+](=O)[O-])s1. The molecule has 0 radical (unpaired) electrons. The monoisotopic (exact) mass is 463 g/mol. The van der Waals surface area contributed by atoms with Crippen LogP contribution in [0.1, 0.15) is 24.9 Å². The van der Waals surface area contributed by atoms with Crippen LogP contribution in [0.15, 0.2) is 42.5 Å². The van der Waals surface area contributed by atoms with E-state index in [0.29, 0.717) is 22.6 Å². The van der Waals surface area contributed by atoms with Gasteiger partial charge in [0, 0.05) is 30.3 Å². The van der Waals surface area contributed by atoms with Crippen LogP contribution in [0.3, 0.4) is 0 Å². The van der Waals surface area contributed by atoms with E-state index in [2.05, 4.69) is 5.32 Å². The maximum atomic E-state index is 12.2. The second kappa shape index (κ2) is 9.32. The number of nitro groups is 2. The lowest BCUT2D eigenvalue weighted by Crippen LogP contribution is -2.22. The molecule has 13 heteroatoms. The quantitative estimate of drug-likeness (QED) is 0.229. The Hall–Kier alpha value is -3.84. The number of thiophene rings is 2. The number of carbonyl (C=O) groups is 2. The molecule has 0 aliphatic carbocycles. The van der Waals surface area contributed by atoms with Crippen molar-refractivity contribution in [2.24, 2.45) is 0 Å². The van der Waals surface area contributed by atoms with Gasteiger partial charge in [-0.3, -0.25) is 25.0 Å². The van der Waals surface area contributed by atoms with Crippen LogP contribution in [0.4, 0.5) is 10.0 Å². The third-order valence-electron chi connectivity index (χ3n) is 3.88. The number of carbonyl (C=O) groups excluding carboxylic acids is 2. The van der Waals surface area contributed by atoms with Crippen molar-refractivity contribution in [3.8, 4) is 11.5 Å². The number of ether oxygens (including phenoxy) is 2. The first kappa shape index (κ1) is 21.9. The van der Waals surface area contributed by atoms with Gasteiger partial charge in [0.1, 0.15) is 16.4 Å². The van der Waals surface area contributed by atoms with Crippen molar-refractivity contribution in [2.45, 2.75) is 6.54 Å². The minimum Gasteiger partial charge on any atom is -0.496 e. The molecule has 0 saturated heterocycles. The smallest absolute Gasteiger partial charge is 0.353 e. The van der Waals surface area contributed by atoms with Crippen molar-refractivity contribution in [1.82, 2.24) is 5.32 Å². The number of amides is 1. The number of nitrogens with zero attached hydrogens (tertiary/aromatic N) is 2. The van der Waals surface area contributed by atoms with E-state index >= 15 is 0 Å². The first-order valence-corrected chi connectivity index (χ1v) is 10.1. The number of rotatable bonds is 8. The Balaban J connectivity index is 1.66. The van der Waals surface area contributed by atoms with E-state index in [1.54, 1.807) is 6.07 Å². The predicted molar refractivity (Wildman–Crippen MR) is 111 cm³/mol. The molecule has 0 saturated carbocycles. The lowest BCUT2D eigenvalue weighted by atomic mass is 10.2. The lowest BCUT2D eigenvalue weighted by molar-refractivity contribution is -0.380. The van der Waals surface area contributed by atoms with E-state index < -0.39 is 21.7 Å². The second-order valence-electron chi connectivity index (χ2n) is 5.84. The molecule has 0 unspecified atom stereocenters. The highest BCUT2D eigenvalue weighted by Gasteiger charge is 2.19. The summed E-state index contributed by atoms with van der Waals surface area (Å²) in [7, 11) is 1.40.